The molecule has 3 heteroatoms. The van der Waals surface area contributed by atoms with Gasteiger partial charge in [0.2, 0.25) is 0 Å². The quantitative estimate of drug-likeness (QED) is 0.883. The van der Waals surface area contributed by atoms with E-state index in [1.165, 1.54) is 12.8 Å². The number of hydrogen-bond acceptors (Lipinski definition) is 2. The number of para-hydroxylation sites is 1. The maximum atomic E-state index is 12.0. The van der Waals surface area contributed by atoms with E-state index in [0.717, 1.165) is 22.4 Å². The first-order valence-corrected chi connectivity index (χ1v) is 6.92. The Morgan fingerprint density at radius 1 is 1.32 bits per heavy atom. The van der Waals surface area contributed by atoms with Gasteiger partial charge in [0.1, 0.15) is 0 Å². The fraction of sp³-hybridized carbons (Fsp3) is 0.438. The number of aromatic nitrogens is 1. The lowest BCUT2D eigenvalue weighted by Crippen LogP contribution is -2.41. The third kappa shape index (κ3) is 2.56. The van der Waals surface area contributed by atoms with Crippen molar-refractivity contribution in [2.75, 3.05) is 0 Å². The van der Waals surface area contributed by atoms with Gasteiger partial charge in [-0.05, 0) is 50.1 Å². The van der Waals surface area contributed by atoms with Crippen molar-refractivity contribution in [3.05, 3.63) is 46.2 Å². The van der Waals surface area contributed by atoms with E-state index >= 15 is 0 Å². The van der Waals surface area contributed by atoms with Crippen LogP contribution >= 0.6 is 0 Å². The van der Waals surface area contributed by atoms with E-state index in [9.17, 15) is 4.79 Å². The molecule has 3 rings (SSSR count). The summed E-state index contributed by atoms with van der Waals surface area (Å²) in [7, 11) is 0. The molecule has 1 saturated carbocycles. The van der Waals surface area contributed by atoms with Gasteiger partial charge in [-0.15, -0.1) is 0 Å². The number of hydrogen-bond donors (Lipinski definition) is 2. The fourth-order valence-corrected chi connectivity index (χ4v) is 2.60. The lowest BCUT2D eigenvalue weighted by atomic mass is 9.98. The molecule has 0 amide bonds. The topological polar surface area (TPSA) is 44.9 Å². The highest BCUT2D eigenvalue weighted by Gasteiger charge is 2.37. The van der Waals surface area contributed by atoms with E-state index in [-0.39, 0.29) is 11.1 Å². The molecule has 3 nitrogen and oxygen atoms in total. The van der Waals surface area contributed by atoms with E-state index in [4.69, 9.17) is 0 Å². The maximum absolute atomic E-state index is 12.0. The molecule has 100 valence electrons. The van der Waals surface area contributed by atoms with Crippen molar-refractivity contribution >= 4 is 10.9 Å². The largest absolute Gasteiger partial charge is 0.322 e. The Morgan fingerprint density at radius 2 is 2.05 bits per heavy atom. The monoisotopic (exact) mass is 256 g/mol. The summed E-state index contributed by atoms with van der Waals surface area (Å²) in [6, 6.07) is 9.88. The highest BCUT2D eigenvalue weighted by molar-refractivity contribution is 5.78. The lowest BCUT2D eigenvalue weighted by molar-refractivity contribution is 0.339. The van der Waals surface area contributed by atoms with E-state index in [1.54, 1.807) is 0 Å². The smallest absolute Gasteiger partial charge is 0.252 e. The number of benzene rings is 1. The average Bonchev–Trinajstić information content (AvgIpc) is 3.21. The minimum Gasteiger partial charge on any atom is -0.322 e. The van der Waals surface area contributed by atoms with Gasteiger partial charge in [-0.2, -0.15) is 0 Å². The molecule has 0 atom stereocenters. The average molecular weight is 256 g/mol. The second-order valence-corrected chi connectivity index (χ2v) is 6.06. The van der Waals surface area contributed by atoms with E-state index in [2.05, 4.69) is 24.1 Å². The maximum Gasteiger partial charge on any atom is 0.252 e. The van der Waals surface area contributed by atoms with Crippen LogP contribution in [0, 0.1) is 5.92 Å². The molecular weight excluding hydrogens is 236 g/mol. The Morgan fingerprint density at radius 3 is 2.79 bits per heavy atom. The highest BCUT2D eigenvalue weighted by atomic mass is 16.1. The highest BCUT2D eigenvalue weighted by Crippen LogP contribution is 2.39. The van der Waals surface area contributed by atoms with Crippen LogP contribution in [-0.4, -0.2) is 10.5 Å². The standard InChI is InChI=1S/C16H20N2O/c1-16(2,13-7-8-13)17-10-12-9-11-5-3-4-6-14(11)18-15(12)19/h3-6,9,13,17H,7-8,10H2,1-2H3,(H,18,19). The third-order valence-electron chi connectivity index (χ3n) is 4.16. The normalized spacial score (nSPS) is 15.9. The summed E-state index contributed by atoms with van der Waals surface area (Å²) in [5.41, 5.74) is 1.85. The molecule has 1 aromatic carbocycles. The van der Waals surface area contributed by atoms with Crippen molar-refractivity contribution in [1.82, 2.24) is 10.3 Å². The first kappa shape index (κ1) is 12.4. The Hall–Kier alpha value is -1.61. The number of aromatic amines is 1. The predicted molar refractivity (Wildman–Crippen MR) is 78.2 cm³/mol. The van der Waals surface area contributed by atoms with Crippen LogP contribution in [0.1, 0.15) is 32.3 Å². The molecule has 1 fully saturated rings. The zero-order valence-corrected chi connectivity index (χ0v) is 11.5. The molecule has 2 N–H and O–H groups in total. The molecule has 1 aliphatic rings. The summed E-state index contributed by atoms with van der Waals surface area (Å²) in [5.74, 6) is 0.757. The predicted octanol–water partition coefficient (Wildman–Crippen LogP) is 2.81. The molecule has 1 aliphatic carbocycles. The number of rotatable bonds is 4. The van der Waals surface area contributed by atoms with Crippen molar-refractivity contribution in [2.24, 2.45) is 5.92 Å². The van der Waals surface area contributed by atoms with Gasteiger partial charge >= 0.3 is 0 Å². The Balaban J connectivity index is 1.84. The SMILES string of the molecule is CC(C)(NCc1cc2ccccc2[nH]c1=O)C1CC1. The van der Waals surface area contributed by atoms with Gasteiger partial charge in [0.15, 0.2) is 0 Å². The molecule has 0 saturated heterocycles. The fourth-order valence-electron chi connectivity index (χ4n) is 2.60. The van der Waals surface area contributed by atoms with Gasteiger partial charge in [-0.25, -0.2) is 0 Å². The van der Waals surface area contributed by atoms with Crippen molar-refractivity contribution in [1.29, 1.82) is 0 Å². The summed E-state index contributed by atoms with van der Waals surface area (Å²) >= 11 is 0. The molecule has 0 spiro atoms. The van der Waals surface area contributed by atoms with Crippen LogP contribution < -0.4 is 10.9 Å². The zero-order chi connectivity index (χ0) is 13.5. The van der Waals surface area contributed by atoms with Crippen molar-refractivity contribution in [3.63, 3.8) is 0 Å². The first-order chi connectivity index (χ1) is 9.06. The lowest BCUT2D eigenvalue weighted by Gasteiger charge is -2.26. The molecule has 1 aromatic heterocycles. The minimum absolute atomic E-state index is 0.0118. The van der Waals surface area contributed by atoms with Crippen LogP contribution in [0.2, 0.25) is 0 Å². The van der Waals surface area contributed by atoms with Crippen LogP contribution in [0.4, 0.5) is 0 Å². The molecule has 19 heavy (non-hydrogen) atoms. The summed E-state index contributed by atoms with van der Waals surface area (Å²) in [4.78, 5) is 15.0. The molecule has 2 aromatic rings. The molecule has 0 aliphatic heterocycles. The van der Waals surface area contributed by atoms with Crippen molar-refractivity contribution < 1.29 is 0 Å². The van der Waals surface area contributed by atoms with Gasteiger partial charge < -0.3 is 10.3 Å². The van der Waals surface area contributed by atoms with Crippen LogP contribution in [-0.2, 0) is 6.54 Å². The summed E-state index contributed by atoms with van der Waals surface area (Å²) in [5, 5.41) is 4.61. The number of fused-ring (bicyclic) bond motifs is 1. The molecule has 1 heterocycles. The Kier molecular flexibility index (Phi) is 2.94. The molecular formula is C16H20N2O. The van der Waals surface area contributed by atoms with Crippen molar-refractivity contribution in [3.8, 4) is 0 Å². The van der Waals surface area contributed by atoms with E-state index < -0.39 is 0 Å². The molecule has 0 unspecified atom stereocenters. The van der Waals surface area contributed by atoms with Gasteiger partial charge in [0.05, 0.1) is 0 Å². The van der Waals surface area contributed by atoms with Gasteiger partial charge in [0, 0.05) is 23.2 Å². The number of H-pyrrole nitrogens is 1. The summed E-state index contributed by atoms with van der Waals surface area (Å²) in [6.45, 7) is 5.07. The van der Waals surface area contributed by atoms with Gasteiger partial charge in [-0.3, -0.25) is 4.79 Å². The number of nitrogens with one attached hydrogen (secondary N) is 2. The Labute approximate surface area is 113 Å². The second kappa shape index (κ2) is 4.49. The van der Waals surface area contributed by atoms with Gasteiger partial charge in [-0.1, -0.05) is 18.2 Å². The van der Waals surface area contributed by atoms with Crippen LogP contribution in [0.15, 0.2) is 35.1 Å². The second-order valence-electron chi connectivity index (χ2n) is 6.06. The number of pyridine rings is 1. The molecule has 0 radical (unpaired) electrons. The van der Waals surface area contributed by atoms with Crippen LogP contribution in [0.3, 0.4) is 0 Å². The third-order valence-corrected chi connectivity index (χ3v) is 4.16. The van der Waals surface area contributed by atoms with Crippen LogP contribution in [0.5, 0.6) is 0 Å². The first-order valence-electron chi connectivity index (χ1n) is 6.92. The van der Waals surface area contributed by atoms with E-state index in [1.807, 2.05) is 30.3 Å². The minimum atomic E-state index is 0.0118. The molecule has 0 bridgehead atoms. The van der Waals surface area contributed by atoms with Crippen molar-refractivity contribution in [2.45, 2.75) is 38.8 Å². The summed E-state index contributed by atoms with van der Waals surface area (Å²) in [6.07, 6.45) is 2.60. The van der Waals surface area contributed by atoms with E-state index in [0.29, 0.717) is 6.54 Å². The van der Waals surface area contributed by atoms with Crippen LogP contribution in [0.25, 0.3) is 10.9 Å². The zero-order valence-electron chi connectivity index (χ0n) is 11.5. The Bertz CT molecular complexity index is 653. The summed E-state index contributed by atoms with van der Waals surface area (Å²) < 4.78 is 0. The van der Waals surface area contributed by atoms with Gasteiger partial charge in [0.25, 0.3) is 5.56 Å².